The zero-order valence-electron chi connectivity index (χ0n) is 15.2. The number of piperidine rings is 1. The summed E-state index contributed by atoms with van der Waals surface area (Å²) in [6.07, 6.45) is 4.27. The Morgan fingerprint density at radius 1 is 1.08 bits per heavy atom. The van der Waals surface area contributed by atoms with Gasteiger partial charge in [0.05, 0.1) is 0 Å². The number of amides is 1. The molecule has 1 fully saturated rings. The quantitative estimate of drug-likeness (QED) is 0.744. The number of nitrogens with zero attached hydrogens (tertiary/aromatic N) is 1. The first-order valence-electron chi connectivity index (χ1n) is 9.27. The third kappa shape index (κ3) is 5.15. The molecular weight excluding hydrogens is 346 g/mol. The van der Waals surface area contributed by atoms with Gasteiger partial charge in [0, 0.05) is 48.1 Å². The minimum Gasteiger partial charge on any atom is -0.384 e. The van der Waals surface area contributed by atoms with E-state index >= 15 is 0 Å². The molecule has 3 rings (SSSR count). The number of hydrogen-bond donors (Lipinski definition) is 2. The third-order valence-electron chi connectivity index (χ3n) is 4.73. The van der Waals surface area contributed by atoms with Gasteiger partial charge in [0.25, 0.3) is 0 Å². The molecule has 0 atom stereocenters. The fourth-order valence-corrected chi connectivity index (χ4v) is 3.49. The molecule has 1 heterocycles. The number of rotatable bonds is 6. The molecule has 2 N–H and O–H groups in total. The highest BCUT2D eigenvalue weighted by Crippen LogP contribution is 2.22. The molecule has 5 heteroatoms. The number of hydrogen-bond acceptors (Lipinski definition) is 3. The van der Waals surface area contributed by atoms with Crippen molar-refractivity contribution in [1.29, 1.82) is 0 Å². The normalized spacial score (nSPS) is 14.2. The van der Waals surface area contributed by atoms with E-state index in [1.54, 1.807) is 0 Å². The van der Waals surface area contributed by atoms with Gasteiger partial charge in [-0.05, 0) is 74.2 Å². The molecule has 0 saturated carbocycles. The van der Waals surface area contributed by atoms with Crippen LogP contribution in [-0.4, -0.2) is 25.5 Å². The second-order valence-corrected chi connectivity index (χ2v) is 7.22. The Kier molecular flexibility index (Phi) is 6.40. The van der Waals surface area contributed by atoms with Crippen molar-refractivity contribution < 1.29 is 4.79 Å². The van der Waals surface area contributed by atoms with E-state index in [1.165, 1.54) is 24.9 Å². The fraction of sp³-hybridized carbons (Fsp3) is 0.381. The van der Waals surface area contributed by atoms with Gasteiger partial charge < -0.3 is 15.5 Å². The van der Waals surface area contributed by atoms with Crippen molar-refractivity contribution in [1.82, 2.24) is 0 Å². The van der Waals surface area contributed by atoms with Crippen LogP contribution in [0.25, 0.3) is 0 Å². The molecule has 2 aromatic rings. The van der Waals surface area contributed by atoms with Gasteiger partial charge >= 0.3 is 0 Å². The number of anilines is 3. The lowest BCUT2D eigenvalue weighted by Crippen LogP contribution is -2.29. The maximum Gasteiger partial charge on any atom is 0.226 e. The number of carbonyl (C=O) groups is 1. The summed E-state index contributed by atoms with van der Waals surface area (Å²) in [5.74, 6) is 0.00911. The van der Waals surface area contributed by atoms with E-state index in [2.05, 4.69) is 27.7 Å². The van der Waals surface area contributed by atoms with Crippen molar-refractivity contribution in [3.05, 3.63) is 53.1 Å². The maximum absolute atomic E-state index is 12.1. The molecule has 0 spiro atoms. The average Bonchev–Trinajstić information content (AvgIpc) is 2.65. The van der Waals surface area contributed by atoms with Crippen LogP contribution in [0.5, 0.6) is 0 Å². The van der Waals surface area contributed by atoms with Gasteiger partial charge in [-0.3, -0.25) is 4.79 Å². The van der Waals surface area contributed by atoms with Crippen molar-refractivity contribution in [2.75, 3.05) is 35.2 Å². The van der Waals surface area contributed by atoms with Crippen molar-refractivity contribution in [3.63, 3.8) is 0 Å². The average molecular weight is 372 g/mol. The largest absolute Gasteiger partial charge is 0.384 e. The first-order chi connectivity index (χ1) is 12.6. The standard InChI is InChI=1S/C21H26ClN3O/c1-16-15-17(22)5-10-20(16)23-12-11-21(26)24-18-6-8-19(9-7-18)25-13-3-2-4-14-25/h5-10,15,23H,2-4,11-14H2,1H3,(H,24,26). The summed E-state index contributed by atoms with van der Waals surface area (Å²) < 4.78 is 0. The molecule has 0 radical (unpaired) electrons. The molecule has 2 aromatic carbocycles. The monoisotopic (exact) mass is 371 g/mol. The Morgan fingerprint density at radius 2 is 1.81 bits per heavy atom. The highest BCUT2D eigenvalue weighted by atomic mass is 35.5. The van der Waals surface area contributed by atoms with Gasteiger partial charge in [-0.15, -0.1) is 0 Å². The molecule has 0 bridgehead atoms. The summed E-state index contributed by atoms with van der Waals surface area (Å²) in [6.45, 7) is 4.83. The minimum absolute atomic E-state index is 0.00911. The summed E-state index contributed by atoms with van der Waals surface area (Å²) in [4.78, 5) is 14.6. The first kappa shape index (κ1) is 18.6. The zero-order chi connectivity index (χ0) is 18.4. The van der Waals surface area contributed by atoms with Crippen molar-refractivity contribution in [3.8, 4) is 0 Å². The molecule has 0 aliphatic carbocycles. The highest BCUT2D eigenvalue weighted by molar-refractivity contribution is 6.30. The molecule has 1 saturated heterocycles. The van der Waals surface area contributed by atoms with E-state index in [1.807, 2.05) is 37.3 Å². The minimum atomic E-state index is 0.00911. The molecule has 4 nitrogen and oxygen atoms in total. The Bertz CT molecular complexity index is 739. The van der Waals surface area contributed by atoms with E-state index in [9.17, 15) is 4.79 Å². The fourth-order valence-electron chi connectivity index (χ4n) is 3.27. The lowest BCUT2D eigenvalue weighted by molar-refractivity contribution is -0.115. The number of aryl methyl sites for hydroxylation is 1. The summed E-state index contributed by atoms with van der Waals surface area (Å²) in [6, 6.07) is 13.9. The van der Waals surface area contributed by atoms with Crippen LogP contribution in [0.15, 0.2) is 42.5 Å². The predicted octanol–water partition coefficient (Wildman–Crippen LogP) is 5.08. The van der Waals surface area contributed by atoms with Gasteiger partial charge in [-0.2, -0.15) is 0 Å². The van der Waals surface area contributed by atoms with Gasteiger partial charge in [-0.1, -0.05) is 11.6 Å². The van der Waals surface area contributed by atoms with Gasteiger partial charge in [0.1, 0.15) is 0 Å². The Hall–Kier alpha value is -2.20. The lowest BCUT2D eigenvalue weighted by atomic mass is 10.1. The SMILES string of the molecule is Cc1cc(Cl)ccc1NCCC(=O)Nc1ccc(N2CCCCC2)cc1. The smallest absolute Gasteiger partial charge is 0.226 e. The Morgan fingerprint density at radius 3 is 2.50 bits per heavy atom. The van der Waals surface area contributed by atoms with Gasteiger partial charge in [0.15, 0.2) is 0 Å². The summed E-state index contributed by atoms with van der Waals surface area (Å²) in [5.41, 5.74) is 4.17. The highest BCUT2D eigenvalue weighted by Gasteiger charge is 2.11. The van der Waals surface area contributed by atoms with E-state index in [0.717, 1.165) is 35.1 Å². The van der Waals surface area contributed by atoms with Crippen LogP contribution >= 0.6 is 11.6 Å². The molecular formula is C21H26ClN3O. The van der Waals surface area contributed by atoms with Crippen LogP contribution in [0.3, 0.4) is 0 Å². The van der Waals surface area contributed by atoms with Crippen LogP contribution in [0.4, 0.5) is 17.1 Å². The maximum atomic E-state index is 12.1. The molecule has 26 heavy (non-hydrogen) atoms. The topological polar surface area (TPSA) is 44.4 Å². The van der Waals surface area contributed by atoms with E-state index < -0.39 is 0 Å². The van der Waals surface area contributed by atoms with Crippen molar-refractivity contribution in [2.45, 2.75) is 32.6 Å². The third-order valence-corrected chi connectivity index (χ3v) is 4.96. The molecule has 0 aromatic heterocycles. The molecule has 138 valence electrons. The van der Waals surface area contributed by atoms with Crippen molar-refractivity contribution >= 4 is 34.6 Å². The number of carbonyl (C=O) groups excluding carboxylic acids is 1. The number of nitrogens with one attached hydrogen (secondary N) is 2. The van der Waals surface area contributed by atoms with Crippen LogP contribution in [0.2, 0.25) is 5.02 Å². The molecule has 1 aliphatic heterocycles. The van der Waals surface area contributed by atoms with E-state index in [0.29, 0.717) is 13.0 Å². The predicted molar refractivity (Wildman–Crippen MR) is 110 cm³/mol. The Labute approximate surface area is 160 Å². The zero-order valence-corrected chi connectivity index (χ0v) is 16.0. The molecule has 1 amide bonds. The van der Waals surface area contributed by atoms with Gasteiger partial charge in [0.2, 0.25) is 5.91 Å². The number of benzene rings is 2. The second-order valence-electron chi connectivity index (χ2n) is 6.78. The van der Waals surface area contributed by atoms with Crippen LogP contribution in [0.1, 0.15) is 31.2 Å². The summed E-state index contributed by atoms with van der Waals surface area (Å²) in [5, 5.41) is 6.97. The van der Waals surface area contributed by atoms with Crippen LogP contribution in [0, 0.1) is 6.92 Å². The summed E-state index contributed by atoms with van der Waals surface area (Å²) in [7, 11) is 0. The lowest BCUT2D eigenvalue weighted by Gasteiger charge is -2.28. The Balaban J connectivity index is 1.45. The second kappa shape index (κ2) is 8.95. The molecule has 1 aliphatic rings. The van der Waals surface area contributed by atoms with Gasteiger partial charge in [-0.25, -0.2) is 0 Å². The van der Waals surface area contributed by atoms with Crippen LogP contribution in [-0.2, 0) is 4.79 Å². The summed E-state index contributed by atoms with van der Waals surface area (Å²) >= 11 is 5.96. The number of halogens is 1. The van der Waals surface area contributed by atoms with Crippen LogP contribution < -0.4 is 15.5 Å². The molecule has 0 unspecified atom stereocenters. The van der Waals surface area contributed by atoms with E-state index in [4.69, 9.17) is 11.6 Å². The van der Waals surface area contributed by atoms with E-state index in [-0.39, 0.29) is 5.91 Å². The first-order valence-corrected chi connectivity index (χ1v) is 9.64. The van der Waals surface area contributed by atoms with Crippen molar-refractivity contribution in [2.24, 2.45) is 0 Å².